The predicted molar refractivity (Wildman–Crippen MR) is 30.1 cm³/mol. The van der Waals surface area contributed by atoms with Crippen LogP contribution in [-0.4, -0.2) is 0 Å². The van der Waals surface area contributed by atoms with Crippen molar-refractivity contribution in [2.45, 2.75) is 0 Å². The molecule has 0 aromatic carbocycles. The van der Waals surface area contributed by atoms with Gasteiger partial charge in [0.05, 0.1) is 0 Å². The summed E-state index contributed by atoms with van der Waals surface area (Å²) in [6.45, 7) is 0. The van der Waals surface area contributed by atoms with Crippen molar-refractivity contribution < 1.29 is 4.73 Å². The van der Waals surface area contributed by atoms with E-state index >= 15 is 0 Å². The van der Waals surface area contributed by atoms with Crippen molar-refractivity contribution in [2.75, 3.05) is 0 Å². The maximum Gasteiger partial charge on any atom is 0.294 e. The van der Waals surface area contributed by atoms with Crippen molar-refractivity contribution in [1.82, 2.24) is 0 Å². The largest absolute Gasteiger partial charge is 0.618 e. The van der Waals surface area contributed by atoms with Gasteiger partial charge in [0, 0.05) is 12.1 Å². The lowest BCUT2D eigenvalue weighted by atomic mass is 10.4. The number of aromatic nitrogens is 1. The fourth-order valence-electron chi connectivity index (χ4n) is 0.515. The molecule has 0 N–H and O–H groups in total. The number of nitriles is 1. The van der Waals surface area contributed by atoms with Gasteiger partial charge in [-0.15, -0.1) is 0 Å². The van der Waals surface area contributed by atoms with Crippen LogP contribution >= 0.6 is 0 Å². The van der Waals surface area contributed by atoms with Crippen LogP contribution in [0.25, 0.3) is 0 Å². The van der Waals surface area contributed by atoms with Crippen LogP contribution in [0.2, 0.25) is 0 Å². The van der Waals surface area contributed by atoms with Crippen molar-refractivity contribution in [2.24, 2.45) is 0 Å². The average molecular weight is 120 g/mol. The fraction of sp³-hybridized carbons (Fsp3) is 0. The molecule has 3 heteroatoms. The van der Waals surface area contributed by atoms with E-state index in [1.807, 2.05) is 0 Å². The number of pyridine rings is 1. The lowest BCUT2D eigenvalue weighted by molar-refractivity contribution is -0.608. The first-order chi connectivity index (χ1) is 4.34. The number of rotatable bonds is 0. The van der Waals surface area contributed by atoms with Crippen LogP contribution < -0.4 is 4.73 Å². The monoisotopic (exact) mass is 120 g/mol. The molecular formula is C6H4N2O. The quantitative estimate of drug-likeness (QED) is 0.362. The molecular weight excluding hydrogens is 116 g/mol. The van der Waals surface area contributed by atoms with E-state index in [-0.39, 0.29) is 5.69 Å². The zero-order valence-electron chi connectivity index (χ0n) is 4.61. The first kappa shape index (κ1) is 5.57. The lowest BCUT2D eigenvalue weighted by Gasteiger charge is -1.93. The topological polar surface area (TPSA) is 50.7 Å². The van der Waals surface area contributed by atoms with Crippen LogP contribution in [0.1, 0.15) is 5.69 Å². The SMILES string of the molecule is N#Cc1cccc[n+]1[O-]. The maximum absolute atomic E-state index is 10.5. The average Bonchev–Trinajstić information content (AvgIpc) is 1.89. The Morgan fingerprint density at radius 2 is 2.33 bits per heavy atom. The zero-order chi connectivity index (χ0) is 6.69. The molecule has 1 rings (SSSR count). The van der Waals surface area contributed by atoms with Gasteiger partial charge in [0.1, 0.15) is 0 Å². The molecule has 1 aromatic rings. The summed E-state index contributed by atoms with van der Waals surface area (Å²) in [5, 5.41) is 18.8. The molecule has 0 aliphatic heterocycles. The standard InChI is InChI=1S/C6H4N2O/c7-5-6-3-1-2-4-8(6)9/h1-4H. The third-order valence-corrected chi connectivity index (χ3v) is 0.939. The van der Waals surface area contributed by atoms with Crippen LogP contribution in [-0.2, 0) is 0 Å². The summed E-state index contributed by atoms with van der Waals surface area (Å²) in [6, 6.07) is 6.43. The Bertz CT molecular complexity index is 251. The molecule has 0 saturated heterocycles. The number of hydrogen-bond acceptors (Lipinski definition) is 2. The van der Waals surface area contributed by atoms with Gasteiger partial charge in [-0.1, -0.05) is 0 Å². The molecule has 0 bridgehead atoms. The Morgan fingerprint density at radius 3 is 2.78 bits per heavy atom. The predicted octanol–water partition coefficient (Wildman–Crippen LogP) is 0.192. The van der Waals surface area contributed by atoms with Crippen LogP contribution in [0.3, 0.4) is 0 Å². The summed E-state index contributed by atoms with van der Waals surface area (Å²) >= 11 is 0. The third-order valence-electron chi connectivity index (χ3n) is 0.939. The third kappa shape index (κ3) is 0.970. The minimum Gasteiger partial charge on any atom is -0.618 e. The second-order valence-corrected chi connectivity index (χ2v) is 1.52. The molecule has 0 fully saturated rings. The molecule has 0 radical (unpaired) electrons. The van der Waals surface area contributed by atoms with E-state index < -0.39 is 0 Å². The highest BCUT2D eigenvalue weighted by molar-refractivity contribution is 5.13. The van der Waals surface area contributed by atoms with Crippen molar-refractivity contribution in [3.05, 3.63) is 35.3 Å². The summed E-state index contributed by atoms with van der Waals surface area (Å²) in [5.74, 6) is 0. The lowest BCUT2D eigenvalue weighted by Crippen LogP contribution is -2.28. The minimum atomic E-state index is 0.123. The fourth-order valence-corrected chi connectivity index (χ4v) is 0.515. The van der Waals surface area contributed by atoms with Gasteiger partial charge >= 0.3 is 0 Å². The van der Waals surface area contributed by atoms with E-state index in [9.17, 15) is 5.21 Å². The van der Waals surface area contributed by atoms with Crippen molar-refractivity contribution in [3.63, 3.8) is 0 Å². The molecule has 0 saturated carbocycles. The molecule has 0 unspecified atom stereocenters. The second-order valence-electron chi connectivity index (χ2n) is 1.52. The van der Waals surface area contributed by atoms with Gasteiger partial charge in [-0.3, -0.25) is 0 Å². The van der Waals surface area contributed by atoms with Crippen LogP contribution in [0.5, 0.6) is 0 Å². The van der Waals surface area contributed by atoms with Gasteiger partial charge in [0.2, 0.25) is 0 Å². The summed E-state index contributed by atoms with van der Waals surface area (Å²) in [7, 11) is 0. The van der Waals surface area contributed by atoms with E-state index in [1.54, 1.807) is 18.2 Å². The van der Waals surface area contributed by atoms with E-state index in [2.05, 4.69) is 0 Å². The molecule has 1 aromatic heterocycles. The summed E-state index contributed by atoms with van der Waals surface area (Å²) in [6.07, 6.45) is 1.29. The van der Waals surface area contributed by atoms with Gasteiger partial charge in [0.25, 0.3) is 5.69 Å². The van der Waals surface area contributed by atoms with Gasteiger partial charge in [-0.2, -0.15) is 9.99 Å². The summed E-state index contributed by atoms with van der Waals surface area (Å²) in [5.41, 5.74) is 0.123. The maximum atomic E-state index is 10.5. The van der Waals surface area contributed by atoms with Crippen LogP contribution in [0.4, 0.5) is 0 Å². The second kappa shape index (κ2) is 2.14. The molecule has 1 heterocycles. The Hall–Kier alpha value is -1.56. The molecule has 0 atom stereocenters. The Kier molecular flexibility index (Phi) is 1.32. The first-order valence-corrected chi connectivity index (χ1v) is 2.43. The van der Waals surface area contributed by atoms with Gasteiger partial charge < -0.3 is 5.21 Å². The summed E-state index contributed by atoms with van der Waals surface area (Å²) in [4.78, 5) is 0. The molecule has 0 spiro atoms. The van der Waals surface area contributed by atoms with Crippen molar-refractivity contribution >= 4 is 0 Å². The molecule has 3 nitrogen and oxygen atoms in total. The highest BCUT2D eigenvalue weighted by Crippen LogP contribution is 1.84. The Labute approximate surface area is 52.4 Å². The van der Waals surface area contributed by atoms with E-state index in [0.717, 1.165) is 0 Å². The first-order valence-electron chi connectivity index (χ1n) is 2.43. The van der Waals surface area contributed by atoms with Crippen LogP contribution in [0, 0.1) is 16.5 Å². The summed E-state index contributed by atoms with van der Waals surface area (Å²) < 4.78 is 0.528. The Balaban J connectivity index is 3.20. The van der Waals surface area contributed by atoms with E-state index in [4.69, 9.17) is 5.26 Å². The zero-order valence-corrected chi connectivity index (χ0v) is 4.61. The van der Waals surface area contributed by atoms with E-state index in [0.29, 0.717) is 4.73 Å². The molecule has 9 heavy (non-hydrogen) atoms. The molecule has 0 aliphatic rings. The molecule has 0 amide bonds. The molecule has 44 valence electrons. The minimum absolute atomic E-state index is 0.123. The smallest absolute Gasteiger partial charge is 0.294 e. The highest BCUT2D eigenvalue weighted by atomic mass is 16.5. The van der Waals surface area contributed by atoms with Crippen molar-refractivity contribution in [1.29, 1.82) is 5.26 Å². The normalized spacial score (nSPS) is 8.33. The number of hydrogen-bond donors (Lipinski definition) is 0. The van der Waals surface area contributed by atoms with Crippen molar-refractivity contribution in [3.8, 4) is 6.07 Å². The Morgan fingerprint density at radius 1 is 1.56 bits per heavy atom. The van der Waals surface area contributed by atoms with Gasteiger partial charge in [-0.05, 0) is 6.07 Å². The highest BCUT2D eigenvalue weighted by Gasteiger charge is 1.96. The number of nitrogens with zero attached hydrogens (tertiary/aromatic N) is 2. The van der Waals surface area contributed by atoms with E-state index in [1.165, 1.54) is 12.3 Å². The van der Waals surface area contributed by atoms with Gasteiger partial charge in [0.15, 0.2) is 12.3 Å². The van der Waals surface area contributed by atoms with Crippen LogP contribution in [0.15, 0.2) is 24.4 Å². The molecule has 0 aliphatic carbocycles. The van der Waals surface area contributed by atoms with Gasteiger partial charge in [-0.25, -0.2) is 0 Å².